The molecular formula is C28H24FN3O5. The van der Waals surface area contributed by atoms with E-state index < -0.39 is 29.8 Å². The molecule has 0 aliphatic rings. The van der Waals surface area contributed by atoms with Crippen molar-refractivity contribution in [2.75, 3.05) is 11.9 Å². The first kappa shape index (κ1) is 25.3. The van der Waals surface area contributed by atoms with Gasteiger partial charge in [-0.15, -0.1) is 0 Å². The van der Waals surface area contributed by atoms with E-state index in [9.17, 15) is 18.8 Å². The van der Waals surface area contributed by atoms with Crippen LogP contribution in [0.4, 0.5) is 10.1 Å². The van der Waals surface area contributed by atoms with Gasteiger partial charge in [-0.1, -0.05) is 42.5 Å². The Kier molecular flexibility index (Phi) is 7.73. The largest absolute Gasteiger partial charge is 0.461 e. The summed E-state index contributed by atoms with van der Waals surface area (Å²) < 4.78 is 25.4. The van der Waals surface area contributed by atoms with Gasteiger partial charge in [0, 0.05) is 23.7 Å². The van der Waals surface area contributed by atoms with Gasteiger partial charge in [0.15, 0.2) is 5.69 Å². The first-order valence-corrected chi connectivity index (χ1v) is 11.5. The van der Waals surface area contributed by atoms with Crippen LogP contribution in [0.25, 0.3) is 16.9 Å². The molecule has 0 fully saturated rings. The van der Waals surface area contributed by atoms with Gasteiger partial charge in [-0.3, -0.25) is 9.59 Å². The van der Waals surface area contributed by atoms with Gasteiger partial charge < -0.3 is 14.8 Å². The van der Waals surface area contributed by atoms with Crippen molar-refractivity contribution in [2.45, 2.75) is 20.0 Å². The van der Waals surface area contributed by atoms with Crippen molar-refractivity contribution >= 4 is 23.5 Å². The monoisotopic (exact) mass is 501 g/mol. The van der Waals surface area contributed by atoms with Crippen LogP contribution >= 0.6 is 0 Å². The molecule has 0 unspecified atom stereocenters. The fourth-order valence-corrected chi connectivity index (χ4v) is 3.70. The number of anilines is 1. The Labute approximate surface area is 212 Å². The molecule has 0 bridgehead atoms. The fourth-order valence-electron chi connectivity index (χ4n) is 3.70. The van der Waals surface area contributed by atoms with Crippen LogP contribution in [0.15, 0.2) is 84.9 Å². The summed E-state index contributed by atoms with van der Waals surface area (Å²) in [5.41, 5.74) is 2.70. The van der Waals surface area contributed by atoms with Crippen molar-refractivity contribution in [1.82, 2.24) is 9.78 Å². The smallest absolute Gasteiger partial charge is 0.358 e. The van der Waals surface area contributed by atoms with Crippen LogP contribution in [-0.2, 0) is 19.1 Å². The molecule has 188 valence electrons. The second-order valence-corrected chi connectivity index (χ2v) is 7.99. The van der Waals surface area contributed by atoms with Crippen molar-refractivity contribution in [3.63, 3.8) is 0 Å². The summed E-state index contributed by atoms with van der Waals surface area (Å²) in [4.78, 5) is 37.1. The molecule has 0 saturated heterocycles. The number of esters is 2. The number of aromatic nitrogens is 2. The van der Waals surface area contributed by atoms with Crippen molar-refractivity contribution in [3.05, 3.63) is 102 Å². The number of carbonyl (C=O) groups is 3. The molecular weight excluding hydrogens is 477 g/mol. The predicted octanol–water partition coefficient (Wildman–Crippen LogP) is 5.10. The molecule has 37 heavy (non-hydrogen) atoms. The molecule has 1 atom stereocenters. The lowest BCUT2D eigenvalue weighted by molar-refractivity contribution is -0.152. The average Bonchev–Trinajstić information content (AvgIpc) is 3.34. The average molecular weight is 502 g/mol. The highest BCUT2D eigenvalue weighted by Gasteiger charge is 2.24. The molecule has 0 radical (unpaired) electrons. The Bertz CT molecular complexity index is 1420. The maximum Gasteiger partial charge on any atom is 0.358 e. The number of hydrogen-bond acceptors (Lipinski definition) is 6. The third-order valence-corrected chi connectivity index (χ3v) is 5.32. The van der Waals surface area contributed by atoms with Gasteiger partial charge in [0.1, 0.15) is 5.82 Å². The lowest BCUT2D eigenvalue weighted by atomic mass is 10.1. The van der Waals surface area contributed by atoms with E-state index in [-0.39, 0.29) is 12.3 Å². The third kappa shape index (κ3) is 6.07. The second-order valence-electron chi connectivity index (χ2n) is 7.99. The molecule has 1 heterocycles. The lowest BCUT2D eigenvalue weighted by Crippen LogP contribution is -2.25. The molecule has 3 aromatic carbocycles. The normalized spacial score (nSPS) is 11.4. The van der Waals surface area contributed by atoms with Gasteiger partial charge in [-0.05, 0) is 49.4 Å². The Balaban J connectivity index is 1.68. The third-order valence-electron chi connectivity index (χ3n) is 5.32. The number of ether oxygens (including phenoxy) is 2. The number of halogens is 1. The second kappa shape index (κ2) is 11.3. The van der Waals surface area contributed by atoms with Crippen molar-refractivity contribution in [3.8, 4) is 16.9 Å². The van der Waals surface area contributed by atoms with E-state index in [1.54, 1.807) is 67.6 Å². The molecule has 9 heteroatoms. The molecule has 0 spiro atoms. The molecule has 1 N–H and O–H groups in total. The maximum absolute atomic E-state index is 13.5. The van der Waals surface area contributed by atoms with Gasteiger partial charge in [-0.25, -0.2) is 13.9 Å². The molecule has 0 saturated carbocycles. The van der Waals surface area contributed by atoms with Crippen LogP contribution in [0.2, 0.25) is 0 Å². The van der Waals surface area contributed by atoms with Gasteiger partial charge in [-0.2, -0.15) is 5.10 Å². The van der Waals surface area contributed by atoms with Crippen molar-refractivity contribution in [1.29, 1.82) is 0 Å². The molecule has 8 nitrogen and oxygen atoms in total. The van der Waals surface area contributed by atoms with Crippen molar-refractivity contribution in [2.24, 2.45) is 0 Å². The summed E-state index contributed by atoms with van der Waals surface area (Å²) >= 11 is 0. The molecule has 1 amide bonds. The summed E-state index contributed by atoms with van der Waals surface area (Å²) in [6.07, 6.45) is -1.14. The van der Waals surface area contributed by atoms with E-state index in [0.29, 0.717) is 28.2 Å². The Morgan fingerprint density at radius 3 is 2.38 bits per heavy atom. The number of nitrogens with zero attached hydrogens (tertiary/aromatic N) is 2. The number of nitrogens with one attached hydrogen (secondary N) is 1. The summed E-state index contributed by atoms with van der Waals surface area (Å²) in [7, 11) is 0. The van der Waals surface area contributed by atoms with E-state index in [1.165, 1.54) is 35.9 Å². The Morgan fingerprint density at radius 2 is 1.70 bits per heavy atom. The number of hydrogen-bond donors (Lipinski definition) is 1. The SMILES string of the molecule is CCOC(=O)c1cc(-c2cccc(NC(=O)[C@H](OC(C)=O)c3ccccc3)c2)n(-c2ccc(F)cc2)n1. The van der Waals surface area contributed by atoms with Gasteiger partial charge >= 0.3 is 11.9 Å². The minimum atomic E-state index is -1.14. The zero-order chi connectivity index (χ0) is 26.4. The highest BCUT2D eigenvalue weighted by Crippen LogP contribution is 2.28. The fraction of sp³-hybridized carbons (Fsp3) is 0.143. The van der Waals surface area contributed by atoms with E-state index >= 15 is 0 Å². The standard InChI is InChI=1S/C28H24FN3O5/c1-3-36-28(35)24-17-25(32(31-24)23-14-12-21(29)13-15-23)20-10-7-11-22(16-20)30-27(34)26(37-18(2)33)19-8-5-4-6-9-19/h4-17,26H,3H2,1-2H3,(H,30,34)/t26-/m1/s1. The first-order valence-electron chi connectivity index (χ1n) is 11.5. The van der Waals surface area contributed by atoms with Gasteiger partial charge in [0.25, 0.3) is 5.91 Å². The molecule has 4 aromatic rings. The lowest BCUT2D eigenvalue weighted by Gasteiger charge is -2.17. The van der Waals surface area contributed by atoms with Gasteiger partial charge in [0.2, 0.25) is 6.10 Å². The first-order chi connectivity index (χ1) is 17.9. The zero-order valence-corrected chi connectivity index (χ0v) is 20.2. The van der Waals surface area contributed by atoms with E-state index in [0.717, 1.165) is 0 Å². The number of rotatable bonds is 8. The minimum Gasteiger partial charge on any atom is -0.461 e. The molecule has 0 aliphatic heterocycles. The highest BCUT2D eigenvalue weighted by atomic mass is 19.1. The topological polar surface area (TPSA) is 99.5 Å². The predicted molar refractivity (Wildman–Crippen MR) is 134 cm³/mol. The summed E-state index contributed by atoms with van der Waals surface area (Å²) in [5, 5.41) is 7.16. The molecule has 4 rings (SSSR count). The minimum absolute atomic E-state index is 0.0783. The number of carbonyl (C=O) groups excluding carboxylic acids is 3. The van der Waals surface area contributed by atoms with Crippen LogP contribution in [0.3, 0.4) is 0 Å². The van der Waals surface area contributed by atoms with Crippen LogP contribution in [0, 0.1) is 5.82 Å². The van der Waals surface area contributed by atoms with Crippen molar-refractivity contribution < 1.29 is 28.2 Å². The van der Waals surface area contributed by atoms with E-state index in [4.69, 9.17) is 9.47 Å². The zero-order valence-electron chi connectivity index (χ0n) is 20.2. The van der Waals surface area contributed by atoms with Gasteiger partial charge in [0.05, 0.1) is 18.0 Å². The maximum atomic E-state index is 13.5. The van der Waals surface area contributed by atoms with E-state index in [1.807, 2.05) is 0 Å². The number of benzene rings is 3. The summed E-state index contributed by atoms with van der Waals surface area (Å²) in [6.45, 7) is 3.12. The van der Waals surface area contributed by atoms with Crippen LogP contribution in [-0.4, -0.2) is 34.2 Å². The molecule has 1 aromatic heterocycles. The highest BCUT2D eigenvalue weighted by molar-refractivity contribution is 5.96. The quantitative estimate of drug-likeness (QED) is 0.337. The van der Waals surface area contributed by atoms with E-state index in [2.05, 4.69) is 10.4 Å². The van der Waals surface area contributed by atoms with Crippen LogP contribution in [0.1, 0.15) is 36.0 Å². The van der Waals surface area contributed by atoms with Crippen LogP contribution < -0.4 is 5.32 Å². The Hall–Kier alpha value is -4.79. The molecule has 0 aliphatic carbocycles. The summed E-state index contributed by atoms with van der Waals surface area (Å²) in [5.74, 6) is -2.13. The number of amides is 1. The van der Waals surface area contributed by atoms with Crippen LogP contribution in [0.5, 0.6) is 0 Å². The Morgan fingerprint density at radius 1 is 0.973 bits per heavy atom. The summed E-state index contributed by atoms with van der Waals surface area (Å²) in [6, 6.07) is 22.8.